The molecule has 1 atom stereocenters. The Morgan fingerprint density at radius 1 is 1.03 bits per heavy atom. The average molecular weight is 397 g/mol. The first-order valence-electron chi connectivity index (χ1n) is 9.22. The summed E-state index contributed by atoms with van der Waals surface area (Å²) in [5.74, 6) is -0.730. The van der Waals surface area contributed by atoms with E-state index in [4.69, 9.17) is 14.2 Å². The number of anilines is 1. The molecule has 1 aliphatic rings. The number of esters is 1. The lowest BCUT2D eigenvalue weighted by atomic mass is 10.1. The molecule has 2 aromatic rings. The molecular weight excluding hydrogens is 374 g/mol. The molecule has 29 heavy (non-hydrogen) atoms. The molecule has 1 amide bonds. The van der Waals surface area contributed by atoms with Gasteiger partial charge in [-0.05, 0) is 37.3 Å². The number of carbonyl (C=O) groups excluding carboxylic acids is 3. The second kappa shape index (κ2) is 8.77. The fourth-order valence-electron chi connectivity index (χ4n) is 3.19. The molecule has 0 bridgehead atoms. The summed E-state index contributed by atoms with van der Waals surface area (Å²) in [5, 5.41) is 0. The number of aryl methyl sites for hydroxylation is 1. The van der Waals surface area contributed by atoms with Crippen molar-refractivity contribution in [3.05, 3.63) is 53.6 Å². The Hall–Kier alpha value is -3.35. The number of rotatable bonds is 7. The molecule has 1 saturated heterocycles. The van der Waals surface area contributed by atoms with Crippen LogP contribution < -0.4 is 14.4 Å². The van der Waals surface area contributed by atoms with E-state index in [1.165, 1.54) is 20.3 Å². The van der Waals surface area contributed by atoms with E-state index in [2.05, 4.69) is 0 Å². The Balaban J connectivity index is 1.59. The van der Waals surface area contributed by atoms with Gasteiger partial charge in [0, 0.05) is 24.2 Å². The lowest BCUT2D eigenvalue weighted by Crippen LogP contribution is -2.27. The van der Waals surface area contributed by atoms with Gasteiger partial charge in [-0.1, -0.05) is 17.7 Å². The summed E-state index contributed by atoms with van der Waals surface area (Å²) in [5.41, 5.74) is 2.18. The lowest BCUT2D eigenvalue weighted by molar-refractivity contribution is -0.147. The first kappa shape index (κ1) is 20.4. The maximum Gasteiger partial charge on any atom is 0.311 e. The minimum atomic E-state index is -0.595. The van der Waals surface area contributed by atoms with Crippen LogP contribution in [0.1, 0.15) is 22.3 Å². The minimum absolute atomic E-state index is 0.0667. The van der Waals surface area contributed by atoms with Crippen LogP contribution in [0.5, 0.6) is 11.5 Å². The van der Waals surface area contributed by atoms with Crippen molar-refractivity contribution in [2.45, 2.75) is 13.3 Å². The third kappa shape index (κ3) is 4.56. The van der Waals surface area contributed by atoms with Crippen LogP contribution in [-0.4, -0.2) is 45.0 Å². The SMILES string of the molecule is COc1ccc(C(=O)COC(=O)[C@@H]2CC(=O)N(c3ccc(C)cc3)C2)cc1OC. The van der Waals surface area contributed by atoms with Gasteiger partial charge in [0.25, 0.3) is 0 Å². The smallest absolute Gasteiger partial charge is 0.311 e. The molecular formula is C22H23NO6. The number of Topliss-reactive ketones (excluding diaryl/α,β-unsaturated/α-hetero) is 1. The Bertz CT molecular complexity index is 921. The number of hydrogen-bond donors (Lipinski definition) is 0. The zero-order valence-corrected chi connectivity index (χ0v) is 16.6. The Labute approximate surface area is 169 Å². The van der Waals surface area contributed by atoms with Gasteiger partial charge in [-0.15, -0.1) is 0 Å². The van der Waals surface area contributed by atoms with Gasteiger partial charge in [0.15, 0.2) is 23.9 Å². The Morgan fingerprint density at radius 3 is 2.38 bits per heavy atom. The van der Waals surface area contributed by atoms with Crippen molar-refractivity contribution in [3.8, 4) is 11.5 Å². The van der Waals surface area contributed by atoms with Gasteiger partial charge in [-0.25, -0.2) is 0 Å². The second-order valence-corrected chi connectivity index (χ2v) is 6.84. The van der Waals surface area contributed by atoms with Crippen molar-refractivity contribution in [2.75, 3.05) is 32.3 Å². The number of hydrogen-bond acceptors (Lipinski definition) is 6. The molecule has 7 heteroatoms. The quantitative estimate of drug-likeness (QED) is 0.528. The fraction of sp³-hybridized carbons (Fsp3) is 0.318. The molecule has 2 aromatic carbocycles. The monoisotopic (exact) mass is 397 g/mol. The second-order valence-electron chi connectivity index (χ2n) is 6.84. The Morgan fingerprint density at radius 2 is 1.72 bits per heavy atom. The van der Waals surface area contributed by atoms with Crippen molar-refractivity contribution in [3.63, 3.8) is 0 Å². The number of ether oxygens (including phenoxy) is 3. The number of methoxy groups -OCH3 is 2. The number of ketones is 1. The van der Waals surface area contributed by atoms with E-state index < -0.39 is 18.5 Å². The maximum absolute atomic E-state index is 12.4. The summed E-state index contributed by atoms with van der Waals surface area (Å²) < 4.78 is 15.5. The highest BCUT2D eigenvalue weighted by Crippen LogP contribution is 2.28. The van der Waals surface area contributed by atoms with Crippen LogP contribution >= 0.6 is 0 Å². The van der Waals surface area contributed by atoms with Crippen LogP contribution in [0, 0.1) is 12.8 Å². The molecule has 0 aliphatic carbocycles. The zero-order chi connectivity index (χ0) is 21.0. The van der Waals surface area contributed by atoms with Gasteiger partial charge in [0.1, 0.15) is 0 Å². The highest BCUT2D eigenvalue weighted by Gasteiger charge is 2.36. The van der Waals surface area contributed by atoms with Crippen LogP contribution in [0.3, 0.4) is 0 Å². The number of benzene rings is 2. The van der Waals surface area contributed by atoms with Gasteiger partial charge in [-0.3, -0.25) is 14.4 Å². The average Bonchev–Trinajstić information content (AvgIpc) is 3.13. The third-order valence-corrected chi connectivity index (χ3v) is 4.86. The molecule has 1 fully saturated rings. The third-order valence-electron chi connectivity index (χ3n) is 4.86. The van der Waals surface area contributed by atoms with Gasteiger partial charge in [0.05, 0.1) is 20.1 Å². The van der Waals surface area contributed by atoms with Gasteiger partial charge < -0.3 is 19.1 Å². The largest absolute Gasteiger partial charge is 0.493 e. The first-order chi connectivity index (χ1) is 13.9. The zero-order valence-electron chi connectivity index (χ0n) is 16.6. The molecule has 1 aliphatic heterocycles. The van der Waals surface area contributed by atoms with E-state index in [0.717, 1.165) is 11.3 Å². The van der Waals surface area contributed by atoms with Crippen LogP contribution in [0.25, 0.3) is 0 Å². The lowest BCUT2D eigenvalue weighted by Gasteiger charge is -2.16. The first-order valence-corrected chi connectivity index (χ1v) is 9.22. The van der Waals surface area contributed by atoms with E-state index in [1.807, 2.05) is 31.2 Å². The van der Waals surface area contributed by atoms with E-state index >= 15 is 0 Å². The Kier molecular flexibility index (Phi) is 6.16. The van der Waals surface area contributed by atoms with Gasteiger partial charge >= 0.3 is 5.97 Å². The van der Waals surface area contributed by atoms with Crippen molar-refractivity contribution in [1.82, 2.24) is 0 Å². The summed E-state index contributed by atoms with van der Waals surface area (Å²) in [7, 11) is 2.98. The predicted molar refractivity (Wildman–Crippen MR) is 106 cm³/mol. The van der Waals surface area contributed by atoms with Gasteiger partial charge in [-0.2, -0.15) is 0 Å². The van der Waals surface area contributed by atoms with Crippen molar-refractivity contribution < 1.29 is 28.6 Å². The molecule has 0 radical (unpaired) electrons. The highest BCUT2D eigenvalue weighted by atomic mass is 16.5. The van der Waals surface area contributed by atoms with Crippen molar-refractivity contribution in [1.29, 1.82) is 0 Å². The molecule has 0 N–H and O–H groups in total. The van der Waals surface area contributed by atoms with Gasteiger partial charge in [0.2, 0.25) is 5.91 Å². The summed E-state index contributed by atoms with van der Waals surface area (Å²) >= 11 is 0. The van der Waals surface area contributed by atoms with Crippen molar-refractivity contribution in [2.24, 2.45) is 5.92 Å². The summed E-state index contributed by atoms with van der Waals surface area (Å²) in [6.45, 7) is 1.81. The summed E-state index contributed by atoms with van der Waals surface area (Å²) in [4.78, 5) is 38.6. The molecule has 1 heterocycles. The highest BCUT2D eigenvalue weighted by molar-refractivity contribution is 6.01. The van der Waals surface area contributed by atoms with Crippen LogP contribution in [-0.2, 0) is 14.3 Å². The predicted octanol–water partition coefficient (Wildman–Crippen LogP) is 2.79. The summed E-state index contributed by atoms with van der Waals surface area (Å²) in [6.07, 6.45) is 0.0667. The van der Waals surface area contributed by atoms with E-state index in [-0.39, 0.29) is 24.7 Å². The van der Waals surface area contributed by atoms with Crippen LogP contribution in [0.2, 0.25) is 0 Å². The molecule has 0 spiro atoms. The molecule has 7 nitrogen and oxygen atoms in total. The van der Waals surface area contributed by atoms with E-state index in [0.29, 0.717) is 17.1 Å². The van der Waals surface area contributed by atoms with Crippen LogP contribution in [0.4, 0.5) is 5.69 Å². The molecule has 0 unspecified atom stereocenters. The standard InChI is InChI=1S/C22H23NO6/c1-14-4-7-17(8-5-14)23-12-16(11-21(23)25)22(26)29-13-18(24)15-6-9-19(27-2)20(10-15)28-3/h4-10,16H,11-13H2,1-3H3/t16-/m1/s1. The minimum Gasteiger partial charge on any atom is -0.493 e. The summed E-state index contributed by atoms with van der Waals surface area (Å²) in [6, 6.07) is 12.3. The fourth-order valence-corrected chi connectivity index (χ4v) is 3.19. The van der Waals surface area contributed by atoms with E-state index in [1.54, 1.807) is 17.0 Å². The molecule has 0 saturated carbocycles. The maximum atomic E-state index is 12.4. The number of amides is 1. The number of carbonyl (C=O) groups is 3. The van der Waals surface area contributed by atoms with E-state index in [9.17, 15) is 14.4 Å². The topological polar surface area (TPSA) is 82.1 Å². The molecule has 0 aromatic heterocycles. The molecule has 152 valence electrons. The number of nitrogens with zero attached hydrogens (tertiary/aromatic N) is 1. The normalized spacial score (nSPS) is 15.9. The van der Waals surface area contributed by atoms with Crippen LogP contribution in [0.15, 0.2) is 42.5 Å². The molecule has 3 rings (SSSR count). The van der Waals surface area contributed by atoms with Crippen molar-refractivity contribution >= 4 is 23.3 Å².